The second kappa shape index (κ2) is 3.22. The molecule has 0 saturated heterocycles. The number of para-hydroxylation sites is 1. The van der Waals surface area contributed by atoms with Crippen LogP contribution in [0.15, 0.2) is 24.3 Å². The minimum atomic E-state index is 0.355. The summed E-state index contributed by atoms with van der Waals surface area (Å²) in [7, 11) is 0. The van der Waals surface area contributed by atoms with E-state index in [1.165, 1.54) is 29.4 Å². The van der Waals surface area contributed by atoms with Gasteiger partial charge in [-0.2, -0.15) is 0 Å². The lowest BCUT2D eigenvalue weighted by Gasteiger charge is -2.29. The third-order valence-corrected chi connectivity index (χ3v) is 4.33. The average molecular weight is 225 g/mol. The van der Waals surface area contributed by atoms with Crippen molar-refractivity contribution in [2.24, 2.45) is 0 Å². The number of hydrogen-bond acceptors (Lipinski definition) is 1. The Morgan fingerprint density at radius 3 is 3.00 bits per heavy atom. The lowest BCUT2D eigenvalue weighted by molar-refractivity contribution is 0.0964. The van der Waals surface area contributed by atoms with Gasteiger partial charge in [-0.25, -0.2) is 0 Å². The van der Waals surface area contributed by atoms with E-state index in [2.05, 4.69) is 22.8 Å². The van der Waals surface area contributed by atoms with Crippen molar-refractivity contribution in [1.82, 2.24) is 4.57 Å². The van der Waals surface area contributed by atoms with Gasteiger partial charge in [-0.15, -0.1) is 0 Å². The summed E-state index contributed by atoms with van der Waals surface area (Å²) in [6.07, 6.45) is 4.31. The van der Waals surface area contributed by atoms with E-state index in [0.29, 0.717) is 11.7 Å². The molecule has 2 heterocycles. The highest BCUT2D eigenvalue weighted by Crippen LogP contribution is 2.43. The smallest absolute Gasteiger partial charge is 0.165 e. The molecule has 4 rings (SSSR count). The van der Waals surface area contributed by atoms with Gasteiger partial charge in [0.05, 0.1) is 0 Å². The second-order valence-corrected chi connectivity index (χ2v) is 5.23. The van der Waals surface area contributed by atoms with E-state index in [4.69, 9.17) is 0 Å². The van der Waals surface area contributed by atoms with Gasteiger partial charge in [-0.1, -0.05) is 18.2 Å². The number of aromatic nitrogens is 1. The standard InChI is InChI=1S/C15H15NO/c17-13-8-7-10-4-3-9-16-12-6-2-1-5-11(12)14(13)15(10)16/h1-2,5-6,10H,3-4,7-9H2. The largest absolute Gasteiger partial charge is 0.344 e. The molecule has 2 heteroatoms. The SMILES string of the molecule is O=C1CCC2CCCn3c2c1c1ccccc13. The molecule has 2 aromatic rings. The van der Waals surface area contributed by atoms with Crippen LogP contribution in [-0.2, 0) is 6.54 Å². The molecule has 1 aliphatic carbocycles. The number of hydrogen-bond donors (Lipinski definition) is 0. The fourth-order valence-corrected chi connectivity index (χ4v) is 3.63. The van der Waals surface area contributed by atoms with Crippen LogP contribution in [0.2, 0.25) is 0 Å². The van der Waals surface area contributed by atoms with Gasteiger partial charge >= 0.3 is 0 Å². The number of Topliss-reactive ketones (excluding diaryl/α,β-unsaturated/α-hetero) is 1. The zero-order chi connectivity index (χ0) is 11.4. The molecule has 0 spiro atoms. The Balaban J connectivity index is 2.17. The summed E-state index contributed by atoms with van der Waals surface area (Å²) < 4.78 is 2.40. The van der Waals surface area contributed by atoms with Gasteiger partial charge in [-0.3, -0.25) is 4.79 Å². The normalized spacial score (nSPS) is 22.8. The lowest BCUT2D eigenvalue weighted by atomic mass is 9.82. The van der Waals surface area contributed by atoms with E-state index >= 15 is 0 Å². The van der Waals surface area contributed by atoms with Crippen LogP contribution in [0.3, 0.4) is 0 Å². The molecule has 0 fully saturated rings. The highest BCUT2D eigenvalue weighted by Gasteiger charge is 2.33. The molecule has 1 aromatic heterocycles. The predicted octanol–water partition coefficient (Wildman–Crippen LogP) is 3.50. The molecule has 2 nitrogen and oxygen atoms in total. The number of ketones is 1. The molecule has 0 radical (unpaired) electrons. The van der Waals surface area contributed by atoms with Gasteiger partial charge in [0, 0.05) is 41.0 Å². The van der Waals surface area contributed by atoms with E-state index in [0.717, 1.165) is 24.9 Å². The number of benzene rings is 1. The molecule has 0 amide bonds. The Hall–Kier alpha value is -1.57. The van der Waals surface area contributed by atoms with Crippen molar-refractivity contribution in [3.8, 4) is 0 Å². The summed E-state index contributed by atoms with van der Waals surface area (Å²) in [5.74, 6) is 0.983. The molecule has 0 bridgehead atoms. The third kappa shape index (κ3) is 1.13. The minimum absolute atomic E-state index is 0.355. The summed E-state index contributed by atoms with van der Waals surface area (Å²) in [5, 5.41) is 1.18. The number of fused-ring (bicyclic) bond motifs is 3. The maximum atomic E-state index is 12.2. The highest BCUT2D eigenvalue weighted by atomic mass is 16.1. The first-order valence-electron chi connectivity index (χ1n) is 6.50. The first-order chi connectivity index (χ1) is 8.36. The Bertz CT molecular complexity index is 623. The lowest BCUT2D eigenvalue weighted by Crippen LogP contribution is -2.22. The Labute approximate surface area is 100 Å². The van der Waals surface area contributed by atoms with Crippen LogP contribution in [0.5, 0.6) is 0 Å². The molecular formula is C15H15NO. The van der Waals surface area contributed by atoms with E-state index in [1.54, 1.807) is 0 Å². The van der Waals surface area contributed by atoms with Crippen LogP contribution in [0.1, 0.15) is 47.7 Å². The predicted molar refractivity (Wildman–Crippen MR) is 67.5 cm³/mol. The number of rotatable bonds is 0. The minimum Gasteiger partial charge on any atom is -0.344 e. The van der Waals surface area contributed by atoms with Gasteiger partial charge in [0.25, 0.3) is 0 Å². The van der Waals surface area contributed by atoms with E-state index in [-0.39, 0.29) is 0 Å². The molecule has 1 unspecified atom stereocenters. The second-order valence-electron chi connectivity index (χ2n) is 5.23. The number of carbonyl (C=O) groups excluding carboxylic acids is 1. The number of carbonyl (C=O) groups is 1. The van der Waals surface area contributed by atoms with Crippen LogP contribution in [-0.4, -0.2) is 10.4 Å². The summed E-state index contributed by atoms with van der Waals surface area (Å²) in [4.78, 5) is 12.2. The number of aryl methyl sites for hydroxylation is 1. The molecule has 86 valence electrons. The van der Waals surface area contributed by atoms with Crippen molar-refractivity contribution in [2.45, 2.75) is 38.1 Å². The van der Waals surface area contributed by atoms with Crippen LogP contribution in [0.25, 0.3) is 10.9 Å². The van der Waals surface area contributed by atoms with Crippen molar-refractivity contribution in [3.63, 3.8) is 0 Å². The van der Waals surface area contributed by atoms with E-state index in [9.17, 15) is 4.79 Å². The molecular weight excluding hydrogens is 210 g/mol. The van der Waals surface area contributed by atoms with Crippen LogP contribution < -0.4 is 0 Å². The summed E-state index contributed by atoms with van der Waals surface area (Å²) in [5.41, 5.74) is 3.64. The van der Waals surface area contributed by atoms with Gasteiger partial charge in [0.15, 0.2) is 5.78 Å². The van der Waals surface area contributed by atoms with Gasteiger partial charge in [0.1, 0.15) is 0 Å². The molecule has 0 N–H and O–H groups in total. The fraction of sp³-hybridized carbons (Fsp3) is 0.400. The maximum Gasteiger partial charge on any atom is 0.165 e. The van der Waals surface area contributed by atoms with Crippen molar-refractivity contribution < 1.29 is 4.79 Å². The van der Waals surface area contributed by atoms with Gasteiger partial charge in [-0.05, 0) is 25.3 Å². The Kier molecular flexibility index (Phi) is 1.79. The van der Waals surface area contributed by atoms with Gasteiger partial charge < -0.3 is 4.57 Å². The van der Waals surface area contributed by atoms with E-state index in [1.807, 2.05) is 6.07 Å². The molecule has 0 saturated carbocycles. The maximum absolute atomic E-state index is 12.2. The monoisotopic (exact) mass is 225 g/mol. The molecule has 1 aliphatic heterocycles. The zero-order valence-electron chi connectivity index (χ0n) is 9.78. The summed E-state index contributed by atoms with van der Waals surface area (Å²) in [6, 6.07) is 8.38. The zero-order valence-corrected chi connectivity index (χ0v) is 9.78. The molecule has 17 heavy (non-hydrogen) atoms. The molecule has 1 atom stereocenters. The van der Waals surface area contributed by atoms with Crippen molar-refractivity contribution in [1.29, 1.82) is 0 Å². The first kappa shape index (κ1) is 9.46. The van der Waals surface area contributed by atoms with Crippen molar-refractivity contribution in [2.75, 3.05) is 0 Å². The number of nitrogens with zero attached hydrogens (tertiary/aromatic N) is 1. The van der Waals surface area contributed by atoms with Crippen molar-refractivity contribution in [3.05, 3.63) is 35.5 Å². The fourth-order valence-electron chi connectivity index (χ4n) is 3.63. The van der Waals surface area contributed by atoms with Crippen molar-refractivity contribution >= 4 is 16.7 Å². The van der Waals surface area contributed by atoms with Crippen LogP contribution in [0.4, 0.5) is 0 Å². The first-order valence-corrected chi connectivity index (χ1v) is 6.50. The Morgan fingerprint density at radius 2 is 2.06 bits per heavy atom. The van der Waals surface area contributed by atoms with Crippen LogP contribution >= 0.6 is 0 Å². The quantitative estimate of drug-likeness (QED) is 0.672. The average Bonchev–Trinajstić information content (AvgIpc) is 2.71. The van der Waals surface area contributed by atoms with Gasteiger partial charge in [0.2, 0.25) is 0 Å². The highest BCUT2D eigenvalue weighted by molar-refractivity contribution is 6.10. The summed E-state index contributed by atoms with van der Waals surface area (Å²) in [6.45, 7) is 1.08. The summed E-state index contributed by atoms with van der Waals surface area (Å²) >= 11 is 0. The van der Waals surface area contributed by atoms with E-state index < -0.39 is 0 Å². The van der Waals surface area contributed by atoms with Crippen LogP contribution in [0, 0.1) is 0 Å². The molecule has 2 aliphatic rings. The third-order valence-electron chi connectivity index (χ3n) is 4.33. The topological polar surface area (TPSA) is 22.0 Å². The molecule has 1 aromatic carbocycles. The Morgan fingerprint density at radius 1 is 1.18 bits per heavy atom.